The molecule has 3 nitrogen and oxygen atoms in total. The fourth-order valence-electron chi connectivity index (χ4n) is 1.06. The Labute approximate surface area is 83.3 Å². The fourth-order valence-corrected chi connectivity index (χ4v) is 1.06. The van der Waals surface area contributed by atoms with E-state index in [9.17, 15) is 4.79 Å². The minimum absolute atomic E-state index is 0.0658. The summed E-state index contributed by atoms with van der Waals surface area (Å²) in [6, 6.07) is 7.58. The molecule has 0 amide bonds. The van der Waals surface area contributed by atoms with Crippen molar-refractivity contribution in [3.63, 3.8) is 0 Å². The van der Waals surface area contributed by atoms with Crippen molar-refractivity contribution in [2.75, 3.05) is 13.2 Å². The van der Waals surface area contributed by atoms with E-state index in [1.807, 2.05) is 18.2 Å². The minimum Gasteiger partial charge on any atom is -0.486 e. The van der Waals surface area contributed by atoms with Crippen LogP contribution in [0.25, 0.3) is 0 Å². The van der Waals surface area contributed by atoms with Gasteiger partial charge in [0.2, 0.25) is 0 Å². The van der Waals surface area contributed by atoms with E-state index >= 15 is 0 Å². The van der Waals surface area contributed by atoms with Crippen molar-refractivity contribution in [2.24, 2.45) is 0 Å². The third-order valence-corrected chi connectivity index (χ3v) is 1.88. The molecular weight excluding hydrogens is 180 g/mol. The number of aryl methyl sites for hydroxylation is 1. The van der Waals surface area contributed by atoms with Crippen LogP contribution in [0.3, 0.4) is 0 Å². The minimum atomic E-state index is -0.465. The molecule has 1 N–H and O–H groups in total. The van der Waals surface area contributed by atoms with Gasteiger partial charge in [-0.2, -0.15) is 0 Å². The first-order chi connectivity index (χ1) is 6.76. The van der Waals surface area contributed by atoms with Crippen LogP contribution in [-0.2, 0) is 11.2 Å². The summed E-state index contributed by atoms with van der Waals surface area (Å²) < 4.78 is 5.19. The number of Topliss-reactive ketones (excluding diaryl/α,β-unsaturated/α-hetero) is 1. The van der Waals surface area contributed by atoms with Gasteiger partial charge >= 0.3 is 0 Å². The Morgan fingerprint density at radius 1 is 1.50 bits per heavy atom. The molecule has 14 heavy (non-hydrogen) atoms. The van der Waals surface area contributed by atoms with E-state index in [0.717, 1.165) is 6.42 Å². The highest BCUT2D eigenvalue weighted by Gasteiger charge is 2.00. The number of ether oxygens (including phenoxy) is 1. The van der Waals surface area contributed by atoms with Gasteiger partial charge in [-0.25, -0.2) is 0 Å². The molecule has 0 aliphatic heterocycles. The van der Waals surface area contributed by atoms with Gasteiger partial charge in [0.25, 0.3) is 0 Å². The summed E-state index contributed by atoms with van der Waals surface area (Å²) in [7, 11) is 0. The van der Waals surface area contributed by atoms with Gasteiger partial charge in [-0.05, 0) is 24.1 Å². The van der Waals surface area contributed by atoms with E-state index in [2.05, 4.69) is 6.92 Å². The summed E-state index contributed by atoms with van der Waals surface area (Å²) in [6.45, 7) is 1.52. The predicted octanol–water partition coefficient (Wildman–Crippen LogP) is 1.19. The third kappa shape index (κ3) is 3.18. The lowest BCUT2D eigenvalue weighted by molar-refractivity contribution is -0.123. The Hall–Kier alpha value is -1.35. The van der Waals surface area contributed by atoms with Crippen molar-refractivity contribution in [2.45, 2.75) is 13.3 Å². The van der Waals surface area contributed by atoms with E-state index in [0.29, 0.717) is 5.75 Å². The number of aliphatic hydroxyl groups excluding tert-OH is 1. The molecule has 0 atom stereocenters. The van der Waals surface area contributed by atoms with Gasteiger partial charge in [0, 0.05) is 0 Å². The van der Waals surface area contributed by atoms with E-state index in [-0.39, 0.29) is 12.4 Å². The van der Waals surface area contributed by atoms with Crippen molar-refractivity contribution in [1.82, 2.24) is 0 Å². The Kier molecular flexibility index (Phi) is 4.13. The summed E-state index contributed by atoms with van der Waals surface area (Å²) in [5.74, 6) is 0.359. The molecule has 0 aromatic heterocycles. The molecule has 0 aliphatic carbocycles. The van der Waals surface area contributed by atoms with E-state index in [1.165, 1.54) is 5.56 Å². The van der Waals surface area contributed by atoms with Crippen LogP contribution in [0.1, 0.15) is 12.5 Å². The lowest BCUT2D eigenvalue weighted by atomic mass is 10.2. The summed E-state index contributed by atoms with van der Waals surface area (Å²) in [5, 5.41) is 8.48. The van der Waals surface area contributed by atoms with Crippen molar-refractivity contribution in [3.8, 4) is 5.75 Å². The van der Waals surface area contributed by atoms with Crippen molar-refractivity contribution in [1.29, 1.82) is 0 Å². The zero-order chi connectivity index (χ0) is 10.4. The van der Waals surface area contributed by atoms with Gasteiger partial charge in [0.05, 0.1) is 0 Å². The second-order valence-electron chi connectivity index (χ2n) is 2.99. The van der Waals surface area contributed by atoms with Crippen molar-refractivity contribution >= 4 is 5.78 Å². The predicted molar refractivity (Wildman–Crippen MR) is 53.4 cm³/mol. The van der Waals surface area contributed by atoms with Crippen LogP contribution in [0.5, 0.6) is 5.75 Å². The van der Waals surface area contributed by atoms with Crippen LogP contribution < -0.4 is 4.74 Å². The highest BCUT2D eigenvalue weighted by Crippen LogP contribution is 2.13. The second kappa shape index (κ2) is 5.40. The fraction of sp³-hybridized carbons (Fsp3) is 0.364. The molecule has 0 bridgehead atoms. The van der Waals surface area contributed by atoms with Gasteiger partial charge in [0.1, 0.15) is 19.0 Å². The molecule has 0 heterocycles. The summed E-state index contributed by atoms with van der Waals surface area (Å²) in [4.78, 5) is 10.8. The number of benzene rings is 1. The lowest BCUT2D eigenvalue weighted by Crippen LogP contribution is -2.14. The standard InChI is InChI=1S/C11H14O3/c1-2-9-4-3-5-11(6-9)14-8-10(13)7-12/h3-6,12H,2,7-8H2,1H3. The van der Waals surface area contributed by atoms with Gasteiger partial charge < -0.3 is 9.84 Å². The maximum absolute atomic E-state index is 10.8. The lowest BCUT2D eigenvalue weighted by Gasteiger charge is -2.05. The highest BCUT2D eigenvalue weighted by molar-refractivity contribution is 5.80. The van der Waals surface area contributed by atoms with Crippen LogP contribution in [0.15, 0.2) is 24.3 Å². The van der Waals surface area contributed by atoms with Gasteiger partial charge in [-0.1, -0.05) is 19.1 Å². The number of hydrogen-bond donors (Lipinski definition) is 1. The molecule has 0 spiro atoms. The molecule has 0 radical (unpaired) electrons. The average molecular weight is 194 g/mol. The molecular formula is C11H14O3. The van der Waals surface area contributed by atoms with Crippen molar-refractivity contribution < 1.29 is 14.6 Å². The summed E-state index contributed by atoms with van der Waals surface area (Å²) in [6.07, 6.45) is 0.936. The first kappa shape index (κ1) is 10.7. The number of carbonyl (C=O) groups excluding carboxylic acids is 1. The van der Waals surface area contributed by atoms with E-state index in [1.54, 1.807) is 6.07 Å². The summed E-state index contributed by atoms with van der Waals surface area (Å²) >= 11 is 0. The molecule has 0 saturated carbocycles. The second-order valence-corrected chi connectivity index (χ2v) is 2.99. The molecule has 1 aromatic rings. The first-order valence-corrected chi connectivity index (χ1v) is 4.60. The number of carbonyl (C=O) groups is 1. The maximum Gasteiger partial charge on any atom is 0.195 e. The first-order valence-electron chi connectivity index (χ1n) is 4.60. The molecule has 1 aromatic carbocycles. The Morgan fingerprint density at radius 3 is 2.93 bits per heavy atom. The smallest absolute Gasteiger partial charge is 0.195 e. The van der Waals surface area contributed by atoms with Crippen LogP contribution in [0.2, 0.25) is 0 Å². The van der Waals surface area contributed by atoms with E-state index < -0.39 is 6.61 Å². The van der Waals surface area contributed by atoms with Gasteiger partial charge in [-0.15, -0.1) is 0 Å². The van der Waals surface area contributed by atoms with E-state index in [4.69, 9.17) is 9.84 Å². The SMILES string of the molecule is CCc1cccc(OCC(=O)CO)c1. The number of aliphatic hydroxyl groups is 1. The number of hydrogen-bond acceptors (Lipinski definition) is 3. The third-order valence-electron chi connectivity index (χ3n) is 1.88. The number of rotatable bonds is 5. The molecule has 1 rings (SSSR count). The Bertz CT molecular complexity index is 307. The Balaban J connectivity index is 2.54. The van der Waals surface area contributed by atoms with Crippen LogP contribution in [0.4, 0.5) is 0 Å². The highest BCUT2D eigenvalue weighted by atomic mass is 16.5. The largest absolute Gasteiger partial charge is 0.486 e. The monoisotopic (exact) mass is 194 g/mol. The van der Waals surface area contributed by atoms with Crippen molar-refractivity contribution in [3.05, 3.63) is 29.8 Å². The normalized spacial score (nSPS) is 9.86. The quantitative estimate of drug-likeness (QED) is 0.765. The van der Waals surface area contributed by atoms with Gasteiger partial charge in [0.15, 0.2) is 5.78 Å². The summed E-state index contributed by atoms with van der Waals surface area (Å²) in [5.41, 5.74) is 1.17. The molecule has 0 aliphatic rings. The molecule has 0 fully saturated rings. The van der Waals surface area contributed by atoms with Crippen LogP contribution in [0, 0.1) is 0 Å². The topological polar surface area (TPSA) is 46.5 Å². The average Bonchev–Trinajstić information content (AvgIpc) is 2.26. The van der Waals surface area contributed by atoms with Gasteiger partial charge in [-0.3, -0.25) is 4.79 Å². The molecule has 0 saturated heterocycles. The molecule has 0 unspecified atom stereocenters. The van der Waals surface area contributed by atoms with Crippen LogP contribution in [-0.4, -0.2) is 24.1 Å². The zero-order valence-electron chi connectivity index (χ0n) is 8.19. The molecule has 3 heteroatoms. The molecule has 76 valence electrons. The maximum atomic E-state index is 10.8. The zero-order valence-corrected chi connectivity index (χ0v) is 8.19. The number of ketones is 1. The Morgan fingerprint density at radius 2 is 2.29 bits per heavy atom. The van der Waals surface area contributed by atoms with Crippen LogP contribution >= 0.6 is 0 Å².